The zero-order valence-electron chi connectivity index (χ0n) is 17.5. The first-order chi connectivity index (χ1) is 14.5. The van der Waals surface area contributed by atoms with Crippen LogP contribution in [0.2, 0.25) is 0 Å². The number of rotatable bonds is 7. The smallest absolute Gasteiger partial charge is 0.201 e. The Hall–Kier alpha value is -2.30. The van der Waals surface area contributed by atoms with Crippen molar-refractivity contribution in [2.24, 2.45) is 5.92 Å². The summed E-state index contributed by atoms with van der Waals surface area (Å²) < 4.78 is 63.9. The fraction of sp³-hybridized carbons (Fsp3) is 0.440. The summed E-state index contributed by atoms with van der Waals surface area (Å²) in [5.41, 5.74) is -0.277. The van der Waals surface area contributed by atoms with E-state index in [2.05, 4.69) is 6.08 Å². The largest absolute Gasteiger partial charge is 0.490 e. The van der Waals surface area contributed by atoms with Gasteiger partial charge >= 0.3 is 0 Å². The normalized spacial score (nSPS) is 19.4. The second-order valence-electron chi connectivity index (χ2n) is 7.91. The summed E-state index contributed by atoms with van der Waals surface area (Å²) >= 11 is 0. The third kappa shape index (κ3) is 4.71. The fourth-order valence-corrected chi connectivity index (χ4v) is 4.16. The Labute approximate surface area is 175 Å². The van der Waals surface area contributed by atoms with Crippen LogP contribution >= 0.6 is 0 Å². The van der Waals surface area contributed by atoms with Gasteiger partial charge in [0.15, 0.2) is 23.2 Å². The van der Waals surface area contributed by atoms with E-state index in [1.165, 1.54) is 24.3 Å². The minimum Gasteiger partial charge on any atom is -0.490 e. The van der Waals surface area contributed by atoms with Crippen LogP contribution in [-0.4, -0.2) is 6.61 Å². The molecular weight excluding hydrogens is 392 g/mol. The van der Waals surface area contributed by atoms with Crippen LogP contribution in [0, 0.1) is 29.2 Å². The molecule has 1 aliphatic carbocycles. The Morgan fingerprint density at radius 1 is 0.867 bits per heavy atom. The van der Waals surface area contributed by atoms with E-state index in [0.29, 0.717) is 17.9 Å². The number of ether oxygens (including phenoxy) is 1. The van der Waals surface area contributed by atoms with Gasteiger partial charge in [-0.05, 0) is 68.6 Å². The van der Waals surface area contributed by atoms with E-state index in [9.17, 15) is 17.6 Å². The first kappa shape index (κ1) is 22.4. The SMILES string of the molecule is C/C=C/C1CCC(c2ccc(-c3ccc(OCCCC)c(F)c3F)c(F)c2F)CC1. The first-order valence-corrected chi connectivity index (χ1v) is 10.7. The minimum atomic E-state index is -1.23. The van der Waals surface area contributed by atoms with Crippen LogP contribution in [0.15, 0.2) is 36.4 Å². The summed E-state index contributed by atoms with van der Waals surface area (Å²) in [4.78, 5) is 0. The average Bonchev–Trinajstić information content (AvgIpc) is 2.75. The number of benzene rings is 2. The van der Waals surface area contributed by atoms with Gasteiger partial charge in [0.1, 0.15) is 0 Å². The van der Waals surface area contributed by atoms with Crippen molar-refractivity contribution in [2.45, 2.75) is 58.3 Å². The van der Waals surface area contributed by atoms with E-state index >= 15 is 0 Å². The van der Waals surface area contributed by atoms with Crippen LogP contribution in [0.5, 0.6) is 5.75 Å². The van der Waals surface area contributed by atoms with Gasteiger partial charge in [-0.15, -0.1) is 0 Å². The molecule has 1 saturated carbocycles. The van der Waals surface area contributed by atoms with Gasteiger partial charge in [-0.2, -0.15) is 4.39 Å². The molecule has 0 radical (unpaired) electrons. The third-order valence-corrected chi connectivity index (χ3v) is 5.88. The maximum Gasteiger partial charge on any atom is 0.201 e. The Morgan fingerprint density at radius 2 is 1.50 bits per heavy atom. The lowest BCUT2D eigenvalue weighted by Crippen LogP contribution is -2.13. The molecular formula is C25H28F4O. The molecule has 0 spiro atoms. The van der Waals surface area contributed by atoms with Crippen molar-refractivity contribution in [1.82, 2.24) is 0 Å². The van der Waals surface area contributed by atoms with Crippen molar-refractivity contribution in [3.05, 3.63) is 65.2 Å². The van der Waals surface area contributed by atoms with Gasteiger partial charge in [0, 0.05) is 11.1 Å². The first-order valence-electron chi connectivity index (χ1n) is 10.7. The van der Waals surface area contributed by atoms with Crippen LogP contribution in [0.25, 0.3) is 11.1 Å². The van der Waals surface area contributed by atoms with Crippen molar-refractivity contribution >= 4 is 0 Å². The predicted molar refractivity (Wildman–Crippen MR) is 112 cm³/mol. The minimum absolute atomic E-state index is 0.0639. The van der Waals surface area contributed by atoms with Crippen molar-refractivity contribution in [3.8, 4) is 16.9 Å². The van der Waals surface area contributed by atoms with Crippen molar-refractivity contribution in [1.29, 1.82) is 0 Å². The zero-order valence-corrected chi connectivity index (χ0v) is 17.5. The third-order valence-electron chi connectivity index (χ3n) is 5.88. The highest BCUT2D eigenvalue weighted by Gasteiger charge is 2.27. The predicted octanol–water partition coefficient (Wildman–Crippen LogP) is 7.94. The second kappa shape index (κ2) is 10.1. The molecule has 0 aromatic heterocycles. The molecule has 1 fully saturated rings. The van der Waals surface area contributed by atoms with Crippen molar-refractivity contribution < 1.29 is 22.3 Å². The van der Waals surface area contributed by atoms with Gasteiger partial charge < -0.3 is 4.74 Å². The van der Waals surface area contributed by atoms with E-state index in [1.807, 2.05) is 19.9 Å². The van der Waals surface area contributed by atoms with Gasteiger partial charge in [0.25, 0.3) is 0 Å². The van der Waals surface area contributed by atoms with Gasteiger partial charge in [-0.3, -0.25) is 0 Å². The van der Waals surface area contributed by atoms with Crippen LogP contribution in [0.3, 0.4) is 0 Å². The van der Waals surface area contributed by atoms with E-state index in [0.717, 1.165) is 32.1 Å². The van der Waals surface area contributed by atoms with E-state index in [1.54, 1.807) is 0 Å². The molecule has 162 valence electrons. The summed E-state index contributed by atoms with van der Waals surface area (Å²) in [6, 6.07) is 5.36. The molecule has 3 rings (SSSR count). The number of halogens is 4. The van der Waals surface area contributed by atoms with Gasteiger partial charge in [0.2, 0.25) is 5.82 Å². The summed E-state index contributed by atoms with van der Waals surface area (Å²) in [5.74, 6) is -4.33. The molecule has 0 unspecified atom stereocenters. The molecule has 1 nitrogen and oxygen atoms in total. The molecule has 0 heterocycles. The van der Waals surface area contributed by atoms with E-state index in [-0.39, 0.29) is 29.4 Å². The van der Waals surface area contributed by atoms with Crippen LogP contribution in [0.4, 0.5) is 17.6 Å². The lowest BCUT2D eigenvalue weighted by Gasteiger charge is -2.27. The molecule has 0 N–H and O–H groups in total. The lowest BCUT2D eigenvalue weighted by atomic mass is 9.78. The summed E-state index contributed by atoms with van der Waals surface area (Å²) in [5, 5.41) is 0. The molecule has 0 saturated heterocycles. The quantitative estimate of drug-likeness (QED) is 0.251. The van der Waals surface area contributed by atoms with E-state index in [4.69, 9.17) is 4.74 Å². The number of allylic oxidation sites excluding steroid dienone is 2. The van der Waals surface area contributed by atoms with Crippen molar-refractivity contribution in [2.75, 3.05) is 6.61 Å². The Balaban J connectivity index is 1.84. The highest BCUT2D eigenvalue weighted by molar-refractivity contribution is 5.66. The molecule has 1 aliphatic rings. The van der Waals surface area contributed by atoms with Crippen molar-refractivity contribution in [3.63, 3.8) is 0 Å². The summed E-state index contributed by atoms with van der Waals surface area (Å²) in [7, 11) is 0. The van der Waals surface area contributed by atoms with Crippen LogP contribution in [0.1, 0.15) is 63.9 Å². The number of hydrogen-bond acceptors (Lipinski definition) is 1. The molecule has 5 heteroatoms. The van der Waals surface area contributed by atoms with Crippen LogP contribution in [-0.2, 0) is 0 Å². The van der Waals surface area contributed by atoms with Crippen LogP contribution < -0.4 is 4.74 Å². The highest BCUT2D eigenvalue weighted by Crippen LogP contribution is 2.40. The summed E-state index contributed by atoms with van der Waals surface area (Å²) in [6.07, 6.45) is 9.15. The molecule has 0 bridgehead atoms. The Bertz CT molecular complexity index is 899. The average molecular weight is 420 g/mol. The Kier molecular flexibility index (Phi) is 7.57. The number of unbranched alkanes of at least 4 members (excludes halogenated alkanes) is 1. The zero-order chi connectivity index (χ0) is 21.7. The standard InChI is InChI=1S/C25H28F4O/c1-3-5-15-30-21-14-13-20(24(28)25(21)29)19-12-11-18(22(26)23(19)27)17-9-7-16(6-4-2)8-10-17/h4,6,11-14,16-17H,3,5,7-10,15H2,1-2H3/b6-4+. The maximum absolute atomic E-state index is 14.9. The Morgan fingerprint density at radius 3 is 2.13 bits per heavy atom. The maximum atomic E-state index is 14.9. The molecule has 2 aromatic rings. The van der Waals surface area contributed by atoms with E-state index < -0.39 is 23.3 Å². The summed E-state index contributed by atoms with van der Waals surface area (Å²) in [6.45, 7) is 4.20. The molecule has 30 heavy (non-hydrogen) atoms. The second-order valence-corrected chi connectivity index (χ2v) is 7.91. The monoisotopic (exact) mass is 420 g/mol. The van der Waals surface area contributed by atoms with Gasteiger partial charge in [-0.1, -0.05) is 37.6 Å². The molecule has 0 atom stereocenters. The van der Waals surface area contributed by atoms with Gasteiger partial charge in [-0.25, -0.2) is 13.2 Å². The molecule has 2 aromatic carbocycles. The molecule has 0 amide bonds. The topological polar surface area (TPSA) is 9.23 Å². The molecule has 0 aliphatic heterocycles. The van der Waals surface area contributed by atoms with Gasteiger partial charge in [0.05, 0.1) is 6.61 Å². The highest BCUT2D eigenvalue weighted by atomic mass is 19.2. The fourth-order valence-electron chi connectivity index (χ4n) is 4.16. The number of hydrogen-bond donors (Lipinski definition) is 0. The lowest BCUT2D eigenvalue weighted by molar-refractivity contribution is 0.289.